The lowest BCUT2D eigenvalue weighted by molar-refractivity contribution is -0.298. The molecule has 0 radical (unpaired) electrons. The molecule has 1 heterocycles. The van der Waals surface area contributed by atoms with Crippen molar-refractivity contribution in [2.75, 3.05) is 6.61 Å². The predicted octanol–water partition coefficient (Wildman–Crippen LogP) is 4.32. The van der Waals surface area contributed by atoms with E-state index in [9.17, 15) is 20.1 Å². The van der Waals surface area contributed by atoms with Crippen molar-refractivity contribution in [1.82, 2.24) is 0 Å². The van der Waals surface area contributed by atoms with Crippen molar-refractivity contribution in [3.05, 3.63) is 144 Å². The summed E-state index contributed by atoms with van der Waals surface area (Å²) in [7, 11) is 0. The molecule has 218 valence electrons. The van der Waals surface area contributed by atoms with E-state index in [-0.39, 0.29) is 6.61 Å². The summed E-state index contributed by atoms with van der Waals surface area (Å²) in [5.74, 6) is -0.645. The summed E-state index contributed by atoms with van der Waals surface area (Å²) in [5, 5.41) is 32.4. The predicted molar refractivity (Wildman–Crippen MR) is 157 cm³/mol. The van der Waals surface area contributed by atoms with Gasteiger partial charge in [0.15, 0.2) is 0 Å². The molecule has 1 saturated heterocycles. The van der Waals surface area contributed by atoms with Crippen molar-refractivity contribution in [2.45, 2.75) is 55.6 Å². The molecule has 0 aromatic heterocycles. The fourth-order valence-electron chi connectivity index (χ4n) is 5.35. The zero-order valence-electron chi connectivity index (χ0n) is 23.6. The number of rotatable bonds is 9. The number of hydrogen-bond acceptors (Lipinski definition) is 7. The molecule has 7 nitrogen and oxygen atoms in total. The van der Waals surface area contributed by atoms with Gasteiger partial charge in [0.05, 0.1) is 12.0 Å². The molecule has 1 aliphatic rings. The van der Waals surface area contributed by atoms with Crippen LogP contribution in [0.15, 0.2) is 121 Å². The fourth-order valence-corrected chi connectivity index (χ4v) is 5.35. The Morgan fingerprint density at radius 1 is 0.643 bits per heavy atom. The van der Waals surface area contributed by atoms with E-state index >= 15 is 0 Å². The van der Waals surface area contributed by atoms with E-state index in [1.54, 1.807) is 13.8 Å². The van der Waals surface area contributed by atoms with Gasteiger partial charge in [0.25, 0.3) is 0 Å². The van der Waals surface area contributed by atoms with Gasteiger partial charge >= 0.3 is 5.97 Å². The highest BCUT2D eigenvalue weighted by Gasteiger charge is 2.48. The van der Waals surface area contributed by atoms with Crippen molar-refractivity contribution in [3.63, 3.8) is 0 Å². The Labute approximate surface area is 245 Å². The van der Waals surface area contributed by atoms with E-state index in [4.69, 9.17) is 14.2 Å². The van der Waals surface area contributed by atoms with Crippen LogP contribution in [0.3, 0.4) is 0 Å². The summed E-state index contributed by atoms with van der Waals surface area (Å²) < 4.78 is 18.3. The number of esters is 1. The van der Waals surface area contributed by atoms with Gasteiger partial charge in [0, 0.05) is 0 Å². The lowest BCUT2D eigenvalue weighted by Gasteiger charge is -2.42. The summed E-state index contributed by atoms with van der Waals surface area (Å²) >= 11 is 0. The van der Waals surface area contributed by atoms with Gasteiger partial charge in [0.2, 0.25) is 6.29 Å². The van der Waals surface area contributed by atoms with Crippen molar-refractivity contribution >= 4 is 5.97 Å². The largest absolute Gasteiger partial charge is 0.432 e. The fraction of sp³-hybridized carbons (Fsp3) is 0.286. The van der Waals surface area contributed by atoms with Crippen LogP contribution in [0.5, 0.6) is 0 Å². The molecule has 4 aromatic rings. The SMILES string of the molecule is CC(C)(C(=O)O[C@@H]1O[C@H](COC(c2ccccc2)(c2ccccc2)c2ccccc2)[C@@H](O)[C@H](O)[C@H]1O)c1ccccc1. The number of carbonyl (C=O) groups is 1. The minimum absolute atomic E-state index is 0.195. The van der Waals surface area contributed by atoms with Gasteiger partial charge in [-0.05, 0) is 36.1 Å². The normalized spacial score (nSPS) is 22.8. The average molecular weight is 569 g/mol. The standard InChI is InChI=1S/C35H36O7/c1-34(2,24-15-7-3-8-16-24)33(39)42-32-31(38)30(37)29(36)28(41-32)23-40-35(25-17-9-4-10-18-25,26-19-11-5-12-20-26)27-21-13-6-14-22-27/h3-22,28-32,36-38H,23H2,1-2H3/t28-,29-,30+,31-,32+/m1/s1. The molecule has 1 fully saturated rings. The van der Waals surface area contributed by atoms with Gasteiger partial charge in [-0.15, -0.1) is 0 Å². The number of hydrogen-bond donors (Lipinski definition) is 3. The van der Waals surface area contributed by atoms with Crippen LogP contribution in [0, 0.1) is 0 Å². The first-order valence-electron chi connectivity index (χ1n) is 14.0. The second kappa shape index (κ2) is 12.6. The van der Waals surface area contributed by atoms with Gasteiger partial charge < -0.3 is 29.5 Å². The van der Waals surface area contributed by atoms with Crippen molar-refractivity contribution < 1.29 is 34.3 Å². The zero-order valence-corrected chi connectivity index (χ0v) is 23.6. The summed E-state index contributed by atoms with van der Waals surface area (Å²) in [6.45, 7) is 3.22. The Hall–Kier alpha value is -3.85. The first-order chi connectivity index (χ1) is 20.2. The van der Waals surface area contributed by atoms with Crippen LogP contribution in [0.25, 0.3) is 0 Å². The van der Waals surface area contributed by atoms with E-state index in [1.165, 1.54) is 0 Å². The van der Waals surface area contributed by atoms with Gasteiger partial charge in [-0.3, -0.25) is 4.79 Å². The third-order valence-electron chi connectivity index (χ3n) is 7.90. The van der Waals surface area contributed by atoms with Crippen LogP contribution in [0.2, 0.25) is 0 Å². The summed E-state index contributed by atoms with van der Waals surface area (Å²) in [6, 6.07) is 38.2. The van der Waals surface area contributed by atoms with Crippen LogP contribution in [-0.4, -0.2) is 58.6 Å². The molecular weight excluding hydrogens is 532 g/mol. The maximum atomic E-state index is 13.3. The number of aliphatic hydroxyl groups excluding tert-OH is 3. The third-order valence-corrected chi connectivity index (χ3v) is 7.90. The first kappa shape index (κ1) is 29.6. The molecule has 0 amide bonds. The van der Waals surface area contributed by atoms with Gasteiger partial charge in [-0.1, -0.05) is 121 Å². The summed E-state index contributed by atoms with van der Waals surface area (Å²) in [5.41, 5.74) is 1.11. The molecule has 0 unspecified atom stereocenters. The highest BCUT2D eigenvalue weighted by molar-refractivity contribution is 5.82. The van der Waals surface area contributed by atoms with Crippen LogP contribution in [0.1, 0.15) is 36.1 Å². The molecule has 42 heavy (non-hydrogen) atoms. The molecule has 4 aromatic carbocycles. The van der Waals surface area contributed by atoms with E-state index in [0.717, 1.165) is 22.3 Å². The number of benzene rings is 4. The van der Waals surface area contributed by atoms with Crippen molar-refractivity contribution in [1.29, 1.82) is 0 Å². The molecular formula is C35H36O7. The second-order valence-electron chi connectivity index (χ2n) is 11.0. The molecule has 5 rings (SSSR count). The van der Waals surface area contributed by atoms with E-state index in [1.807, 2.05) is 121 Å². The Morgan fingerprint density at radius 3 is 1.48 bits per heavy atom. The molecule has 0 spiro atoms. The van der Waals surface area contributed by atoms with Crippen LogP contribution >= 0.6 is 0 Å². The smallest absolute Gasteiger partial charge is 0.318 e. The zero-order chi connectivity index (χ0) is 29.7. The molecule has 0 bridgehead atoms. The van der Waals surface area contributed by atoms with Crippen molar-refractivity contribution in [2.24, 2.45) is 0 Å². The van der Waals surface area contributed by atoms with Gasteiger partial charge in [0.1, 0.15) is 30.0 Å². The monoisotopic (exact) mass is 568 g/mol. The number of ether oxygens (including phenoxy) is 3. The number of carbonyl (C=O) groups excluding carboxylic acids is 1. The van der Waals surface area contributed by atoms with Crippen molar-refractivity contribution in [3.8, 4) is 0 Å². The summed E-state index contributed by atoms with van der Waals surface area (Å²) in [6.07, 6.45) is -7.45. The molecule has 1 aliphatic heterocycles. The van der Waals surface area contributed by atoms with Crippen LogP contribution < -0.4 is 0 Å². The molecule has 0 aliphatic carbocycles. The number of aliphatic hydroxyl groups is 3. The van der Waals surface area contributed by atoms with E-state index < -0.39 is 47.7 Å². The highest BCUT2D eigenvalue weighted by Crippen LogP contribution is 2.41. The minimum atomic E-state index is -1.66. The third kappa shape index (κ3) is 5.75. The topological polar surface area (TPSA) is 105 Å². The molecule has 0 saturated carbocycles. The molecule has 3 N–H and O–H groups in total. The highest BCUT2D eigenvalue weighted by atomic mass is 16.7. The Kier molecular flexibility index (Phi) is 8.87. The Balaban J connectivity index is 1.45. The maximum Gasteiger partial charge on any atom is 0.318 e. The van der Waals surface area contributed by atoms with Crippen LogP contribution in [0.4, 0.5) is 0 Å². The van der Waals surface area contributed by atoms with E-state index in [0.29, 0.717) is 0 Å². The van der Waals surface area contributed by atoms with Crippen LogP contribution in [-0.2, 0) is 30.0 Å². The molecule has 7 heteroatoms. The lowest BCUT2D eigenvalue weighted by Crippen LogP contribution is -2.60. The summed E-state index contributed by atoms with van der Waals surface area (Å²) in [4.78, 5) is 13.3. The molecule has 5 atom stereocenters. The Bertz CT molecular complexity index is 1330. The van der Waals surface area contributed by atoms with Gasteiger partial charge in [-0.25, -0.2) is 0 Å². The van der Waals surface area contributed by atoms with E-state index in [2.05, 4.69) is 0 Å². The second-order valence-corrected chi connectivity index (χ2v) is 11.0. The first-order valence-corrected chi connectivity index (χ1v) is 14.0. The maximum absolute atomic E-state index is 13.3. The minimum Gasteiger partial charge on any atom is -0.432 e. The lowest BCUT2D eigenvalue weighted by atomic mass is 9.80. The quantitative estimate of drug-likeness (QED) is 0.204. The Morgan fingerprint density at radius 2 is 1.05 bits per heavy atom. The average Bonchev–Trinajstić information content (AvgIpc) is 3.04. The van der Waals surface area contributed by atoms with Gasteiger partial charge in [-0.2, -0.15) is 0 Å².